The number of aromatic amines is 1. The topological polar surface area (TPSA) is 83.8 Å². The molecule has 1 aliphatic rings. The SMILES string of the molecule is NC[C@H]1CC[C@H](C(=O)NC(Cc2ccccc2)c2nc(-c3ccccc3)c[nH]2)CC1. The fourth-order valence-electron chi connectivity index (χ4n) is 4.29. The summed E-state index contributed by atoms with van der Waals surface area (Å²) in [5.41, 5.74) is 8.93. The lowest BCUT2D eigenvalue weighted by atomic mass is 9.81. The van der Waals surface area contributed by atoms with Crippen LogP contribution >= 0.6 is 0 Å². The average molecular weight is 403 g/mol. The van der Waals surface area contributed by atoms with Gasteiger partial charge in [-0.05, 0) is 50.1 Å². The predicted octanol–water partition coefficient (Wildman–Crippen LogP) is 4.24. The maximum Gasteiger partial charge on any atom is 0.223 e. The van der Waals surface area contributed by atoms with Gasteiger partial charge >= 0.3 is 0 Å². The van der Waals surface area contributed by atoms with Crippen LogP contribution in [0.1, 0.15) is 43.1 Å². The van der Waals surface area contributed by atoms with Crippen LogP contribution in [0.4, 0.5) is 0 Å². The first-order valence-corrected chi connectivity index (χ1v) is 10.9. The quantitative estimate of drug-likeness (QED) is 0.553. The lowest BCUT2D eigenvalue weighted by Crippen LogP contribution is -2.37. The fraction of sp³-hybridized carbons (Fsp3) is 0.360. The number of aromatic nitrogens is 2. The normalized spacial score (nSPS) is 19.9. The third-order valence-corrected chi connectivity index (χ3v) is 6.15. The summed E-state index contributed by atoms with van der Waals surface area (Å²) in [7, 11) is 0. The summed E-state index contributed by atoms with van der Waals surface area (Å²) in [6.45, 7) is 0.722. The maximum absolute atomic E-state index is 13.1. The molecular weight excluding hydrogens is 372 g/mol. The molecule has 0 saturated heterocycles. The molecule has 4 N–H and O–H groups in total. The molecule has 3 aromatic rings. The summed E-state index contributed by atoms with van der Waals surface area (Å²) < 4.78 is 0. The molecule has 156 valence electrons. The molecule has 0 spiro atoms. The third kappa shape index (κ3) is 4.97. The van der Waals surface area contributed by atoms with Crippen LogP contribution < -0.4 is 11.1 Å². The zero-order valence-corrected chi connectivity index (χ0v) is 17.3. The van der Waals surface area contributed by atoms with Gasteiger partial charge in [0.2, 0.25) is 5.91 Å². The zero-order chi connectivity index (χ0) is 20.8. The molecule has 1 heterocycles. The van der Waals surface area contributed by atoms with E-state index in [-0.39, 0.29) is 17.9 Å². The van der Waals surface area contributed by atoms with Gasteiger partial charge < -0.3 is 16.0 Å². The number of H-pyrrole nitrogens is 1. The van der Waals surface area contributed by atoms with Crippen LogP contribution in [-0.2, 0) is 11.2 Å². The molecule has 1 atom stereocenters. The second-order valence-corrected chi connectivity index (χ2v) is 8.24. The van der Waals surface area contributed by atoms with Crippen molar-refractivity contribution in [3.8, 4) is 11.3 Å². The molecule has 1 aromatic heterocycles. The molecule has 4 rings (SSSR count). The van der Waals surface area contributed by atoms with E-state index in [1.165, 1.54) is 5.56 Å². The van der Waals surface area contributed by atoms with Crippen molar-refractivity contribution >= 4 is 5.91 Å². The van der Waals surface area contributed by atoms with Crippen LogP contribution in [0.2, 0.25) is 0 Å². The Balaban J connectivity index is 1.51. The predicted molar refractivity (Wildman–Crippen MR) is 120 cm³/mol. The number of hydrogen-bond acceptors (Lipinski definition) is 3. The van der Waals surface area contributed by atoms with Gasteiger partial charge in [-0.15, -0.1) is 0 Å². The highest BCUT2D eigenvalue weighted by molar-refractivity contribution is 5.79. The molecule has 30 heavy (non-hydrogen) atoms. The summed E-state index contributed by atoms with van der Waals surface area (Å²) in [6.07, 6.45) is 6.53. The standard InChI is InChI=1S/C25H30N4O/c26-16-19-11-13-21(14-12-19)25(30)29-22(15-18-7-3-1-4-8-18)24-27-17-23(28-24)20-9-5-2-6-10-20/h1-10,17,19,21-22H,11-16,26H2,(H,27,28)(H,29,30)/t19-,21-,22?. The first-order valence-electron chi connectivity index (χ1n) is 10.9. The lowest BCUT2D eigenvalue weighted by molar-refractivity contribution is -0.127. The van der Waals surface area contributed by atoms with Crippen molar-refractivity contribution in [2.45, 2.75) is 38.1 Å². The number of amides is 1. The lowest BCUT2D eigenvalue weighted by Gasteiger charge is -2.28. The Morgan fingerprint density at radius 2 is 1.70 bits per heavy atom. The number of nitrogens with two attached hydrogens (primary N) is 1. The second kappa shape index (κ2) is 9.72. The zero-order valence-electron chi connectivity index (χ0n) is 17.3. The van der Waals surface area contributed by atoms with E-state index < -0.39 is 0 Å². The number of imidazole rings is 1. The van der Waals surface area contributed by atoms with E-state index >= 15 is 0 Å². The molecule has 1 amide bonds. The molecule has 1 saturated carbocycles. The third-order valence-electron chi connectivity index (χ3n) is 6.15. The number of nitrogens with one attached hydrogen (secondary N) is 2. The number of nitrogens with zero attached hydrogens (tertiary/aromatic N) is 1. The van der Waals surface area contributed by atoms with Crippen molar-refractivity contribution in [1.82, 2.24) is 15.3 Å². The van der Waals surface area contributed by atoms with E-state index in [0.717, 1.165) is 49.3 Å². The van der Waals surface area contributed by atoms with Crippen molar-refractivity contribution in [2.75, 3.05) is 6.54 Å². The Kier molecular flexibility index (Phi) is 6.60. The summed E-state index contributed by atoms with van der Waals surface area (Å²) in [5, 5.41) is 3.29. The fourth-order valence-corrected chi connectivity index (χ4v) is 4.29. The van der Waals surface area contributed by atoms with Crippen LogP contribution in [0.25, 0.3) is 11.3 Å². The van der Waals surface area contributed by atoms with Gasteiger partial charge in [0.15, 0.2) is 0 Å². The van der Waals surface area contributed by atoms with Gasteiger partial charge in [-0.1, -0.05) is 60.7 Å². The number of hydrogen-bond donors (Lipinski definition) is 3. The first-order chi connectivity index (χ1) is 14.7. The molecule has 2 aromatic carbocycles. The largest absolute Gasteiger partial charge is 0.346 e. The molecule has 1 unspecified atom stereocenters. The van der Waals surface area contributed by atoms with Crippen molar-refractivity contribution in [1.29, 1.82) is 0 Å². The second-order valence-electron chi connectivity index (χ2n) is 8.24. The molecule has 0 aliphatic heterocycles. The van der Waals surface area contributed by atoms with Crippen LogP contribution in [0.3, 0.4) is 0 Å². The van der Waals surface area contributed by atoms with Gasteiger partial charge in [-0.3, -0.25) is 4.79 Å². The van der Waals surface area contributed by atoms with E-state index in [1.807, 2.05) is 54.7 Å². The van der Waals surface area contributed by atoms with Crippen LogP contribution in [0.15, 0.2) is 66.9 Å². The molecule has 0 bridgehead atoms. The van der Waals surface area contributed by atoms with E-state index in [4.69, 9.17) is 10.7 Å². The van der Waals surface area contributed by atoms with Gasteiger partial charge in [-0.2, -0.15) is 0 Å². The number of carbonyl (C=O) groups is 1. The number of carbonyl (C=O) groups excluding carboxylic acids is 1. The van der Waals surface area contributed by atoms with Crippen molar-refractivity contribution < 1.29 is 4.79 Å². The maximum atomic E-state index is 13.1. The Hall–Kier alpha value is -2.92. The molecule has 0 radical (unpaired) electrons. The summed E-state index contributed by atoms with van der Waals surface area (Å²) in [6, 6.07) is 20.1. The monoisotopic (exact) mass is 402 g/mol. The first kappa shape index (κ1) is 20.4. The molecule has 1 aliphatic carbocycles. The van der Waals surface area contributed by atoms with Gasteiger partial charge in [0.25, 0.3) is 0 Å². The van der Waals surface area contributed by atoms with Crippen molar-refractivity contribution in [3.63, 3.8) is 0 Å². The van der Waals surface area contributed by atoms with Crippen LogP contribution in [0.5, 0.6) is 0 Å². The highest BCUT2D eigenvalue weighted by Gasteiger charge is 2.28. The molecular formula is C25H30N4O. The molecule has 5 nitrogen and oxygen atoms in total. The van der Waals surface area contributed by atoms with Crippen LogP contribution in [-0.4, -0.2) is 22.4 Å². The molecule has 5 heteroatoms. The van der Waals surface area contributed by atoms with E-state index in [0.29, 0.717) is 12.3 Å². The number of benzene rings is 2. The van der Waals surface area contributed by atoms with E-state index in [2.05, 4.69) is 22.4 Å². The summed E-state index contributed by atoms with van der Waals surface area (Å²) in [4.78, 5) is 21.2. The smallest absolute Gasteiger partial charge is 0.223 e. The van der Waals surface area contributed by atoms with Crippen LogP contribution in [0, 0.1) is 11.8 Å². The molecule has 1 fully saturated rings. The van der Waals surface area contributed by atoms with Gasteiger partial charge in [0.05, 0.1) is 11.7 Å². The van der Waals surface area contributed by atoms with Crippen molar-refractivity contribution in [3.05, 3.63) is 78.2 Å². The van der Waals surface area contributed by atoms with Gasteiger partial charge in [-0.25, -0.2) is 4.98 Å². The Bertz CT molecular complexity index is 930. The van der Waals surface area contributed by atoms with Gasteiger partial charge in [0, 0.05) is 17.7 Å². The van der Waals surface area contributed by atoms with Gasteiger partial charge in [0.1, 0.15) is 5.82 Å². The Morgan fingerprint density at radius 1 is 1.03 bits per heavy atom. The highest BCUT2D eigenvalue weighted by atomic mass is 16.1. The number of rotatable bonds is 7. The van der Waals surface area contributed by atoms with E-state index in [1.54, 1.807) is 0 Å². The minimum absolute atomic E-state index is 0.0645. The Morgan fingerprint density at radius 3 is 2.37 bits per heavy atom. The van der Waals surface area contributed by atoms with Crippen molar-refractivity contribution in [2.24, 2.45) is 17.6 Å². The summed E-state index contributed by atoms with van der Waals surface area (Å²) in [5.74, 6) is 1.55. The highest BCUT2D eigenvalue weighted by Crippen LogP contribution is 2.29. The minimum atomic E-state index is -0.190. The van der Waals surface area contributed by atoms with E-state index in [9.17, 15) is 4.79 Å². The summed E-state index contributed by atoms with van der Waals surface area (Å²) >= 11 is 0. The average Bonchev–Trinajstić information content (AvgIpc) is 3.30. The Labute approximate surface area is 178 Å². The minimum Gasteiger partial charge on any atom is -0.346 e.